The first-order valence-electron chi connectivity index (χ1n) is 12.5. The van der Waals surface area contributed by atoms with Crippen LogP contribution in [0.15, 0.2) is 42.5 Å². The third-order valence-corrected chi connectivity index (χ3v) is 8.88. The first kappa shape index (κ1) is 22.5. The highest BCUT2D eigenvalue weighted by Gasteiger charge is 2.61. The van der Waals surface area contributed by atoms with Crippen LogP contribution in [0, 0.1) is 29.1 Å². The summed E-state index contributed by atoms with van der Waals surface area (Å²) in [7, 11) is 0. The molecule has 0 radical (unpaired) electrons. The standard InChI is InChI=1S/C29H36N2O2/c1-28-13-11-25-24-9-7-23(32)18-22(24)6-8-26(25)27(28)12-15-29(28,33)14-10-20-2-4-21(5-3-20)19-31-17-16-30/h2-5,7,9,18,25-27,31-33H,6,8,11-13,15-17,19,30H2,1H3/t25?,26?,27?,28-,29-/m0/s1. The minimum atomic E-state index is -0.931. The average molecular weight is 445 g/mol. The topological polar surface area (TPSA) is 78.5 Å². The van der Waals surface area contributed by atoms with E-state index in [1.165, 1.54) is 16.7 Å². The molecule has 4 nitrogen and oxygen atoms in total. The van der Waals surface area contributed by atoms with Crippen molar-refractivity contribution < 1.29 is 10.2 Å². The van der Waals surface area contributed by atoms with Crippen LogP contribution < -0.4 is 11.1 Å². The number of aryl methyl sites for hydroxylation is 1. The van der Waals surface area contributed by atoms with Crippen molar-refractivity contribution in [3.63, 3.8) is 0 Å². The van der Waals surface area contributed by atoms with E-state index in [1.54, 1.807) is 0 Å². The molecular weight excluding hydrogens is 408 g/mol. The van der Waals surface area contributed by atoms with Gasteiger partial charge in [0.05, 0.1) is 0 Å². The molecule has 0 spiro atoms. The molecule has 2 aromatic carbocycles. The number of fused-ring (bicyclic) bond motifs is 5. The van der Waals surface area contributed by atoms with Crippen LogP contribution in [0.3, 0.4) is 0 Å². The normalized spacial score (nSPS) is 32.3. The first-order valence-corrected chi connectivity index (χ1v) is 12.5. The van der Waals surface area contributed by atoms with Crippen LogP contribution in [0.25, 0.3) is 0 Å². The van der Waals surface area contributed by atoms with Gasteiger partial charge in [0.25, 0.3) is 0 Å². The zero-order chi connectivity index (χ0) is 23.1. The number of nitrogens with one attached hydrogen (secondary N) is 1. The van der Waals surface area contributed by atoms with E-state index in [4.69, 9.17) is 5.73 Å². The molecule has 0 aromatic heterocycles. The molecule has 0 aliphatic heterocycles. The van der Waals surface area contributed by atoms with Gasteiger partial charge in [-0.05, 0) is 97.2 Å². The highest BCUT2D eigenvalue weighted by Crippen LogP contribution is 2.64. The molecule has 0 heterocycles. The fourth-order valence-electron chi connectivity index (χ4n) is 7.01. The van der Waals surface area contributed by atoms with Crippen LogP contribution in [0.4, 0.5) is 0 Å². The summed E-state index contributed by atoms with van der Waals surface area (Å²) in [5.41, 5.74) is 9.35. The first-order chi connectivity index (χ1) is 15.9. The summed E-state index contributed by atoms with van der Waals surface area (Å²) in [6, 6.07) is 14.2. The van der Waals surface area contributed by atoms with Gasteiger partial charge in [-0.3, -0.25) is 0 Å². The Kier molecular flexibility index (Phi) is 5.99. The molecule has 2 fully saturated rings. The zero-order valence-corrected chi connectivity index (χ0v) is 19.6. The highest BCUT2D eigenvalue weighted by atomic mass is 16.3. The van der Waals surface area contributed by atoms with Crippen molar-refractivity contribution in [2.45, 2.75) is 63.5 Å². The Morgan fingerprint density at radius 2 is 1.91 bits per heavy atom. The smallest absolute Gasteiger partial charge is 0.131 e. The lowest BCUT2D eigenvalue weighted by atomic mass is 9.53. The van der Waals surface area contributed by atoms with E-state index in [1.807, 2.05) is 12.1 Å². The Balaban J connectivity index is 1.34. The van der Waals surface area contributed by atoms with Crippen molar-refractivity contribution >= 4 is 0 Å². The number of nitrogens with two attached hydrogens (primary N) is 1. The molecule has 5 rings (SSSR count). The Morgan fingerprint density at radius 3 is 2.70 bits per heavy atom. The predicted octanol–water partition coefficient (Wildman–Crippen LogP) is 4.08. The Bertz CT molecular complexity index is 1070. The second-order valence-corrected chi connectivity index (χ2v) is 10.6. The molecule has 0 amide bonds. The van der Waals surface area contributed by atoms with E-state index in [0.29, 0.717) is 30.0 Å². The van der Waals surface area contributed by atoms with E-state index in [-0.39, 0.29) is 5.41 Å². The quantitative estimate of drug-likeness (QED) is 0.423. The van der Waals surface area contributed by atoms with Crippen LogP contribution in [0.5, 0.6) is 5.75 Å². The third kappa shape index (κ3) is 3.97. The van der Waals surface area contributed by atoms with Crippen LogP contribution in [0.1, 0.15) is 67.2 Å². The SMILES string of the molecule is C[C@]12CCC3c4ccc(O)cc4CCC3C1CC[C@@]2(O)C#Cc1ccc(CNCCN)cc1. The summed E-state index contributed by atoms with van der Waals surface area (Å²) in [4.78, 5) is 0. The van der Waals surface area contributed by atoms with Crippen LogP contribution in [-0.4, -0.2) is 28.9 Å². The fraction of sp³-hybridized carbons (Fsp3) is 0.517. The zero-order valence-electron chi connectivity index (χ0n) is 19.6. The van der Waals surface area contributed by atoms with Crippen molar-refractivity contribution in [1.82, 2.24) is 5.32 Å². The molecule has 0 bridgehead atoms. The molecular formula is C29H36N2O2. The minimum absolute atomic E-state index is 0.165. The maximum atomic E-state index is 11.8. The summed E-state index contributed by atoms with van der Waals surface area (Å²) >= 11 is 0. The fourth-order valence-corrected chi connectivity index (χ4v) is 7.01. The Morgan fingerprint density at radius 1 is 1.09 bits per heavy atom. The Labute approximate surface area is 197 Å². The van der Waals surface area contributed by atoms with Gasteiger partial charge in [0.15, 0.2) is 0 Å². The average Bonchev–Trinajstić information content (AvgIpc) is 3.09. The minimum Gasteiger partial charge on any atom is -0.508 e. The number of benzene rings is 2. The molecule has 5 N–H and O–H groups in total. The van der Waals surface area contributed by atoms with E-state index in [9.17, 15) is 10.2 Å². The van der Waals surface area contributed by atoms with Gasteiger partial charge in [0.2, 0.25) is 0 Å². The molecule has 3 unspecified atom stereocenters. The lowest BCUT2D eigenvalue weighted by Crippen LogP contribution is -2.50. The number of phenolic OH excluding ortho intramolecular Hbond substituents is 1. The van der Waals surface area contributed by atoms with Crippen LogP contribution in [0.2, 0.25) is 0 Å². The summed E-state index contributed by atoms with van der Waals surface area (Å²) in [6.45, 7) is 4.54. The van der Waals surface area contributed by atoms with E-state index >= 15 is 0 Å². The molecule has 4 heteroatoms. The van der Waals surface area contributed by atoms with Gasteiger partial charge in [0, 0.05) is 30.6 Å². The number of hydrogen-bond acceptors (Lipinski definition) is 4. The van der Waals surface area contributed by atoms with Crippen molar-refractivity contribution in [2.75, 3.05) is 13.1 Å². The van der Waals surface area contributed by atoms with Gasteiger partial charge in [-0.2, -0.15) is 0 Å². The number of aromatic hydroxyl groups is 1. The lowest BCUT2D eigenvalue weighted by molar-refractivity contribution is -0.0647. The maximum absolute atomic E-state index is 11.8. The van der Waals surface area contributed by atoms with Gasteiger partial charge in [-0.15, -0.1) is 0 Å². The van der Waals surface area contributed by atoms with Crippen LogP contribution in [-0.2, 0) is 13.0 Å². The van der Waals surface area contributed by atoms with Gasteiger partial charge in [-0.25, -0.2) is 0 Å². The molecule has 3 aliphatic carbocycles. The molecule has 5 atom stereocenters. The van der Waals surface area contributed by atoms with Crippen molar-refractivity contribution in [2.24, 2.45) is 23.0 Å². The van der Waals surface area contributed by atoms with Crippen molar-refractivity contribution in [3.05, 3.63) is 64.7 Å². The molecule has 2 aromatic rings. The van der Waals surface area contributed by atoms with Gasteiger partial charge >= 0.3 is 0 Å². The Hall–Kier alpha value is -2.32. The number of aliphatic hydroxyl groups is 1. The van der Waals surface area contributed by atoms with E-state index in [0.717, 1.165) is 57.2 Å². The number of phenols is 1. The summed E-state index contributed by atoms with van der Waals surface area (Å²) < 4.78 is 0. The highest BCUT2D eigenvalue weighted by molar-refractivity contribution is 5.42. The summed E-state index contributed by atoms with van der Waals surface area (Å²) in [5, 5.41) is 25.0. The van der Waals surface area contributed by atoms with Gasteiger partial charge in [0.1, 0.15) is 11.4 Å². The molecule has 174 valence electrons. The maximum Gasteiger partial charge on any atom is 0.131 e. The number of rotatable bonds is 4. The van der Waals surface area contributed by atoms with E-state index in [2.05, 4.69) is 54.4 Å². The van der Waals surface area contributed by atoms with E-state index < -0.39 is 5.60 Å². The molecule has 3 aliphatic rings. The van der Waals surface area contributed by atoms with Gasteiger partial charge in [-0.1, -0.05) is 37.0 Å². The molecule has 33 heavy (non-hydrogen) atoms. The van der Waals surface area contributed by atoms with Crippen molar-refractivity contribution in [1.29, 1.82) is 0 Å². The van der Waals surface area contributed by atoms with Crippen LogP contribution >= 0.6 is 0 Å². The molecule has 2 saturated carbocycles. The number of hydrogen-bond donors (Lipinski definition) is 4. The van der Waals surface area contributed by atoms with Crippen molar-refractivity contribution in [3.8, 4) is 17.6 Å². The van der Waals surface area contributed by atoms with Gasteiger partial charge < -0.3 is 21.3 Å². The lowest BCUT2D eigenvalue weighted by Gasteiger charge is -2.52. The monoisotopic (exact) mass is 444 g/mol. The summed E-state index contributed by atoms with van der Waals surface area (Å²) in [5.74, 6) is 8.66. The largest absolute Gasteiger partial charge is 0.508 e. The third-order valence-electron chi connectivity index (χ3n) is 8.88. The second kappa shape index (κ2) is 8.80. The summed E-state index contributed by atoms with van der Waals surface area (Å²) in [6.07, 6.45) is 6.05. The molecule has 0 saturated heterocycles. The predicted molar refractivity (Wildman–Crippen MR) is 132 cm³/mol. The second-order valence-electron chi connectivity index (χ2n) is 10.6.